The van der Waals surface area contributed by atoms with Crippen molar-refractivity contribution in [1.82, 2.24) is 9.80 Å². The lowest BCUT2D eigenvalue weighted by Crippen LogP contribution is -2.48. The zero-order valence-electron chi connectivity index (χ0n) is 12.0. The molecule has 4 nitrogen and oxygen atoms in total. The number of hydrogen-bond acceptors (Lipinski definition) is 3. The van der Waals surface area contributed by atoms with Crippen molar-refractivity contribution in [3.63, 3.8) is 0 Å². The van der Waals surface area contributed by atoms with Crippen LogP contribution >= 0.6 is 0 Å². The van der Waals surface area contributed by atoms with Gasteiger partial charge < -0.3 is 10.0 Å². The summed E-state index contributed by atoms with van der Waals surface area (Å²) in [6, 6.07) is 0.719. The van der Waals surface area contributed by atoms with E-state index in [1.165, 1.54) is 51.6 Å². The van der Waals surface area contributed by atoms with Gasteiger partial charge in [-0.05, 0) is 58.3 Å². The maximum atomic E-state index is 10.6. The minimum absolute atomic E-state index is 0.310. The summed E-state index contributed by atoms with van der Waals surface area (Å²) in [5.74, 6) is -0.666. The molecule has 2 rings (SSSR count). The largest absolute Gasteiger partial charge is 0.481 e. The zero-order valence-corrected chi connectivity index (χ0v) is 12.0. The van der Waals surface area contributed by atoms with Gasteiger partial charge in [0.1, 0.15) is 0 Å². The Morgan fingerprint density at radius 1 is 1.05 bits per heavy atom. The fourth-order valence-corrected chi connectivity index (χ4v) is 3.45. The molecule has 0 aromatic carbocycles. The molecule has 0 spiro atoms. The van der Waals surface area contributed by atoms with E-state index in [9.17, 15) is 4.79 Å². The molecule has 1 N–H and O–H groups in total. The summed E-state index contributed by atoms with van der Waals surface area (Å²) in [6.07, 6.45) is 9.21. The Balaban J connectivity index is 1.74. The molecule has 2 fully saturated rings. The highest BCUT2D eigenvalue weighted by atomic mass is 16.4. The highest BCUT2D eigenvalue weighted by molar-refractivity contribution is 5.66. The molecule has 0 aromatic heterocycles. The first-order valence-corrected chi connectivity index (χ1v) is 7.94. The van der Waals surface area contributed by atoms with Gasteiger partial charge in [-0.3, -0.25) is 9.69 Å². The van der Waals surface area contributed by atoms with Gasteiger partial charge in [-0.25, -0.2) is 0 Å². The van der Waals surface area contributed by atoms with Crippen LogP contribution in [0.15, 0.2) is 0 Å². The Morgan fingerprint density at radius 2 is 1.79 bits per heavy atom. The van der Waals surface area contributed by atoms with E-state index in [1.807, 2.05) is 0 Å². The summed E-state index contributed by atoms with van der Waals surface area (Å²) in [5, 5.41) is 8.70. The van der Waals surface area contributed by atoms with E-state index in [1.54, 1.807) is 0 Å². The van der Waals surface area contributed by atoms with E-state index in [0.717, 1.165) is 32.1 Å². The van der Waals surface area contributed by atoms with Gasteiger partial charge in [0, 0.05) is 19.0 Å². The number of likely N-dealkylation sites (tertiary alicyclic amines) is 2. The third kappa shape index (κ3) is 5.11. The van der Waals surface area contributed by atoms with Crippen molar-refractivity contribution >= 4 is 5.97 Å². The minimum atomic E-state index is -0.666. The van der Waals surface area contributed by atoms with Crippen LogP contribution < -0.4 is 0 Å². The number of hydrogen-bond donors (Lipinski definition) is 1. The van der Waals surface area contributed by atoms with Crippen LogP contribution in [0.1, 0.15) is 51.4 Å². The standard InChI is InChI=1S/C15H28N2O2/c18-15(19)8-6-10-16-9-5-7-14(13-16)17-11-3-1-2-4-12-17/h14H,1-13H2,(H,18,19). The maximum Gasteiger partial charge on any atom is 0.303 e. The van der Waals surface area contributed by atoms with E-state index in [0.29, 0.717) is 6.42 Å². The van der Waals surface area contributed by atoms with Gasteiger partial charge >= 0.3 is 5.97 Å². The molecule has 0 amide bonds. The van der Waals surface area contributed by atoms with Crippen molar-refractivity contribution in [2.45, 2.75) is 57.4 Å². The first kappa shape index (κ1) is 14.8. The summed E-state index contributed by atoms with van der Waals surface area (Å²) >= 11 is 0. The van der Waals surface area contributed by atoms with E-state index < -0.39 is 5.97 Å². The molecular weight excluding hydrogens is 240 g/mol. The first-order valence-electron chi connectivity index (χ1n) is 7.94. The topological polar surface area (TPSA) is 43.8 Å². The molecule has 2 saturated heterocycles. The number of carboxylic acids is 1. The Hall–Kier alpha value is -0.610. The average Bonchev–Trinajstić information content (AvgIpc) is 2.67. The van der Waals surface area contributed by atoms with Crippen LogP contribution in [0.2, 0.25) is 0 Å². The highest BCUT2D eigenvalue weighted by Gasteiger charge is 2.25. The quantitative estimate of drug-likeness (QED) is 0.830. The third-order valence-corrected chi connectivity index (χ3v) is 4.50. The average molecular weight is 268 g/mol. The maximum absolute atomic E-state index is 10.6. The Morgan fingerprint density at radius 3 is 2.47 bits per heavy atom. The number of piperidine rings is 1. The fourth-order valence-electron chi connectivity index (χ4n) is 3.45. The van der Waals surface area contributed by atoms with Crippen LogP contribution in [0.5, 0.6) is 0 Å². The molecule has 0 saturated carbocycles. The van der Waals surface area contributed by atoms with Crippen molar-refractivity contribution in [2.75, 3.05) is 32.7 Å². The van der Waals surface area contributed by atoms with Crippen molar-refractivity contribution in [1.29, 1.82) is 0 Å². The predicted molar refractivity (Wildman–Crippen MR) is 76.4 cm³/mol. The van der Waals surface area contributed by atoms with E-state index in [2.05, 4.69) is 9.80 Å². The van der Waals surface area contributed by atoms with Crippen molar-refractivity contribution < 1.29 is 9.90 Å². The van der Waals surface area contributed by atoms with Crippen LogP contribution in [0.3, 0.4) is 0 Å². The molecule has 0 radical (unpaired) electrons. The molecule has 1 atom stereocenters. The smallest absolute Gasteiger partial charge is 0.303 e. The SMILES string of the molecule is O=C(O)CCCN1CCCC(N2CCCCCC2)C1. The van der Waals surface area contributed by atoms with Gasteiger partial charge in [-0.15, -0.1) is 0 Å². The summed E-state index contributed by atoms with van der Waals surface area (Å²) in [5.41, 5.74) is 0. The summed E-state index contributed by atoms with van der Waals surface area (Å²) in [7, 11) is 0. The molecule has 2 aliphatic heterocycles. The third-order valence-electron chi connectivity index (χ3n) is 4.50. The second-order valence-corrected chi connectivity index (χ2v) is 6.04. The van der Waals surface area contributed by atoms with Gasteiger partial charge in [-0.2, -0.15) is 0 Å². The van der Waals surface area contributed by atoms with E-state index in [-0.39, 0.29) is 0 Å². The van der Waals surface area contributed by atoms with Crippen LogP contribution in [0, 0.1) is 0 Å². The van der Waals surface area contributed by atoms with Crippen molar-refractivity contribution in [2.24, 2.45) is 0 Å². The van der Waals surface area contributed by atoms with Crippen molar-refractivity contribution in [3.05, 3.63) is 0 Å². The van der Waals surface area contributed by atoms with E-state index >= 15 is 0 Å². The van der Waals surface area contributed by atoms with E-state index in [4.69, 9.17) is 5.11 Å². The molecule has 19 heavy (non-hydrogen) atoms. The highest BCUT2D eigenvalue weighted by Crippen LogP contribution is 2.20. The number of carbonyl (C=O) groups is 1. The van der Waals surface area contributed by atoms with Crippen LogP contribution in [0.25, 0.3) is 0 Å². The number of carboxylic acid groups (broad SMARTS) is 1. The molecule has 110 valence electrons. The lowest BCUT2D eigenvalue weighted by molar-refractivity contribution is -0.137. The number of aliphatic carboxylic acids is 1. The second kappa shape index (κ2) is 7.85. The molecule has 2 aliphatic rings. The second-order valence-electron chi connectivity index (χ2n) is 6.04. The zero-order chi connectivity index (χ0) is 13.5. The monoisotopic (exact) mass is 268 g/mol. The van der Waals surface area contributed by atoms with Gasteiger partial charge in [0.15, 0.2) is 0 Å². The molecule has 0 aliphatic carbocycles. The molecule has 0 bridgehead atoms. The minimum Gasteiger partial charge on any atom is -0.481 e. The molecule has 4 heteroatoms. The fraction of sp³-hybridized carbons (Fsp3) is 0.933. The first-order chi connectivity index (χ1) is 9.25. The van der Waals surface area contributed by atoms with Crippen LogP contribution in [-0.4, -0.2) is 59.6 Å². The molecule has 2 heterocycles. The predicted octanol–water partition coefficient (Wildman–Crippen LogP) is 2.19. The van der Waals surface area contributed by atoms with Gasteiger partial charge in [0.05, 0.1) is 0 Å². The Kier molecular flexibility index (Phi) is 6.11. The van der Waals surface area contributed by atoms with Gasteiger partial charge in [-0.1, -0.05) is 12.8 Å². The lowest BCUT2D eigenvalue weighted by Gasteiger charge is -2.39. The summed E-state index contributed by atoms with van der Waals surface area (Å²) in [6.45, 7) is 5.81. The Labute approximate surface area is 116 Å². The number of nitrogens with zero attached hydrogens (tertiary/aromatic N) is 2. The normalized spacial score (nSPS) is 27.1. The van der Waals surface area contributed by atoms with Gasteiger partial charge in [0.2, 0.25) is 0 Å². The molecular formula is C15H28N2O2. The molecule has 1 unspecified atom stereocenters. The van der Waals surface area contributed by atoms with Crippen LogP contribution in [-0.2, 0) is 4.79 Å². The summed E-state index contributed by atoms with van der Waals surface area (Å²) < 4.78 is 0. The van der Waals surface area contributed by atoms with Gasteiger partial charge in [0.25, 0.3) is 0 Å². The lowest BCUT2D eigenvalue weighted by atomic mass is 10.0. The van der Waals surface area contributed by atoms with Crippen LogP contribution in [0.4, 0.5) is 0 Å². The number of rotatable bonds is 5. The van der Waals surface area contributed by atoms with Crippen molar-refractivity contribution in [3.8, 4) is 0 Å². The molecule has 0 aromatic rings. The Bertz CT molecular complexity index is 275. The summed E-state index contributed by atoms with van der Waals surface area (Å²) in [4.78, 5) is 15.7.